The van der Waals surface area contributed by atoms with Gasteiger partial charge in [0.2, 0.25) is 0 Å². The SMILES string of the molecule is O=C(O)CCCCCCn1c2nc(=O)[nH]c(=O)c-2nc2ccccc21. The quantitative estimate of drug-likeness (QED) is 0.497. The van der Waals surface area contributed by atoms with Crippen molar-refractivity contribution < 1.29 is 9.90 Å². The number of aromatic nitrogens is 4. The lowest BCUT2D eigenvalue weighted by Gasteiger charge is -2.16. The zero-order chi connectivity index (χ0) is 17.8. The summed E-state index contributed by atoms with van der Waals surface area (Å²) in [5.74, 6) is -0.509. The number of aliphatic carboxylic acids is 1. The third kappa shape index (κ3) is 3.73. The number of nitrogens with one attached hydrogen (secondary N) is 1. The smallest absolute Gasteiger partial charge is 0.349 e. The van der Waals surface area contributed by atoms with Crippen LogP contribution in [0.1, 0.15) is 32.1 Å². The Morgan fingerprint density at radius 2 is 1.84 bits per heavy atom. The molecule has 8 heteroatoms. The largest absolute Gasteiger partial charge is 0.481 e. The Morgan fingerprint density at radius 1 is 1.08 bits per heavy atom. The minimum atomic E-state index is -0.785. The molecule has 0 aromatic heterocycles. The molecule has 2 aliphatic rings. The van der Waals surface area contributed by atoms with Crippen molar-refractivity contribution in [1.29, 1.82) is 0 Å². The Bertz CT molecular complexity index is 992. The number of para-hydroxylation sites is 2. The standard InChI is InChI=1S/C17H18N4O4/c22-13(23)9-3-1-2-6-10-21-12-8-5-4-7-11(12)18-14-15(21)19-17(25)20-16(14)24/h4-5,7-8H,1-3,6,9-10H2,(H,22,23)(H,20,24,25). The number of carboxylic acid groups (broad SMARTS) is 1. The summed E-state index contributed by atoms with van der Waals surface area (Å²) >= 11 is 0. The van der Waals surface area contributed by atoms with Gasteiger partial charge in [-0.1, -0.05) is 25.0 Å². The Balaban J connectivity index is 1.90. The van der Waals surface area contributed by atoms with Crippen molar-refractivity contribution in [3.8, 4) is 11.5 Å². The molecule has 0 fully saturated rings. The van der Waals surface area contributed by atoms with E-state index in [1.54, 1.807) is 0 Å². The Kier molecular flexibility index (Phi) is 4.87. The molecule has 0 bridgehead atoms. The fourth-order valence-electron chi connectivity index (χ4n) is 2.87. The van der Waals surface area contributed by atoms with Crippen LogP contribution in [0.4, 0.5) is 0 Å². The van der Waals surface area contributed by atoms with Gasteiger partial charge >= 0.3 is 11.7 Å². The molecular weight excluding hydrogens is 324 g/mol. The molecule has 0 aliphatic carbocycles. The average molecular weight is 342 g/mol. The highest BCUT2D eigenvalue weighted by Crippen LogP contribution is 2.21. The van der Waals surface area contributed by atoms with E-state index in [9.17, 15) is 14.4 Å². The van der Waals surface area contributed by atoms with Gasteiger partial charge in [0.05, 0.1) is 11.0 Å². The van der Waals surface area contributed by atoms with Gasteiger partial charge < -0.3 is 9.67 Å². The monoisotopic (exact) mass is 342 g/mol. The summed E-state index contributed by atoms with van der Waals surface area (Å²) in [7, 11) is 0. The van der Waals surface area contributed by atoms with E-state index in [0.717, 1.165) is 24.8 Å². The second-order valence-electron chi connectivity index (χ2n) is 5.85. The van der Waals surface area contributed by atoms with Crippen LogP contribution >= 0.6 is 0 Å². The van der Waals surface area contributed by atoms with Crippen molar-refractivity contribution in [1.82, 2.24) is 19.5 Å². The van der Waals surface area contributed by atoms with Gasteiger partial charge in [-0.15, -0.1) is 0 Å². The van der Waals surface area contributed by atoms with E-state index in [1.807, 2.05) is 28.8 Å². The first kappa shape index (κ1) is 16.8. The van der Waals surface area contributed by atoms with E-state index in [2.05, 4.69) is 15.0 Å². The van der Waals surface area contributed by atoms with Crippen molar-refractivity contribution in [2.75, 3.05) is 0 Å². The highest BCUT2D eigenvalue weighted by atomic mass is 16.4. The number of carboxylic acids is 1. The topological polar surface area (TPSA) is 118 Å². The lowest BCUT2D eigenvalue weighted by Crippen LogP contribution is -2.28. The van der Waals surface area contributed by atoms with Crippen molar-refractivity contribution in [3.05, 3.63) is 45.1 Å². The van der Waals surface area contributed by atoms with Gasteiger partial charge in [0.25, 0.3) is 5.56 Å². The van der Waals surface area contributed by atoms with Crippen LogP contribution in [-0.2, 0) is 11.3 Å². The molecule has 2 N–H and O–H groups in total. The maximum absolute atomic E-state index is 12.0. The summed E-state index contributed by atoms with van der Waals surface area (Å²) in [6, 6.07) is 7.38. The minimum absolute atomic E-state index is 0.143. The molecule has 2 aliphatic heterocycles. The Labute approximate surface area is 142 Å². The number of aromatic amines is 1. The molecule has 0 spiro atoms. The molecule has 130 valence electrons. The second-order valence-corrected chi connectivity index (χ2v) is 5.85. The van der Waals surface area contributed by atoms with E-state index in [0.29, 0.717) is 18.5 Å². The van der Waals surface area contributed by atoms with Gasteiger partial charge in [-0.3, -0.25) is 14.6 Å². The number of carbonyl (C=O) groups is 1. The molecule has 1 aromatic carbocycles. The zero-order valence-corrected chi connectivity index (χ0v) is 13.6. The molecule has 0 saturated carbocycles. The van der Waals surface area contributed by atoms with Gasteiger partial charge in [0, 0.05) is 13.0 Å². The highest BCUT2D eigenvalue weighted by molar-refractivity contribution is 5.79. The first-order chi connectivity index (χ1) is 12.1. The molecule has 0 atom stereocenters. The summed E-state index contributed by atoms with van der Waals surface area (Å²) < 4.78 is 1.84. The van der Waals surface area contributed by atoms with Gasteiger partial charge in [-0.2, -0.15) is 4.98 Å². The summed E-state index contributed by atoms with van der Waals surface area (Å²) in [4.78, 5) is 44.6. The lowest BCUT2D eigenvalue weighted by atomic mass is 10.1. The third-order valence-electron chi connectivity index (χ3n) is 4.04. The molecule has 3 rings (SSSR count). The highest BCUT2D eigenvalue weighted by Gasteiger charge is 2.17. The third-order valence-corrected chi connectivity index (χ3v) is 4.04. The average Bonchev–Trinajstić information content (AvgIpc) is 2.57. The molecule has 0 saturated heterocycles. The van der Waals surface area contributed by atoms with E-state index < -0.39 is 17.2 Å². The summed E-state index contributed by atoms with van der Waals surface area (Å²) in [5.41, 5.74) is 0.370. The number of hydrogen-bond donors (Lipinski definition) is 2. The van der Waals surface area contributed by atoms with Crippen LogP contribution < -0.4 is 11.2 Å². The van der Waals surface area contributed by atoms with Crippen LogP contribution in [-0.4, -0.2) is 30.6 Å². The van der Waals surface area contributed by atoms with Crippen LogP contribution in [0.2, 0.25) is 0 Å². The van der Waals surface area contributed by atoms with E-state index >= 15 is 0 Å². The Morgan fingerprint density at radius 3 is 2.64 bits per heavy atom. The van der Waals surface area contributed by atoms with E-state index in [-0.39, 0.29) is 17.9 Å². The first-order valence-electron chi connectivity index (χ1n) is 8.17. The number of unbranched alkanes of at least 4 members (excludes halogenated alkanes) is 3. The minimum Gasteiger partial charge on any atom is -0.481 e. The number of aryl methyl sites for hydroxylation is 1. The van der Waals surface area contributed by atoms with Crippen LogP contribution in [0.3, 0.4) is 0 Å². The summed E-state index contributed by atoms with van der Waals surface area (Å²) in [6.07, 6.45) is 3.27. The number of fused-ring (bicyclic) bond motifs is 2. The van der Waals surface area contributed by atoms with Gasteiger partial charge in [0.15, 0.2) is 11.5 Å². The van der Waals surface area contributed by atoms with Crippen LogP contribution in [0.15, 0.2) is 33.9 Å². The molecule has 0 radical (unpaired) electrons. The molecule has 1 aromatic rings. The summed E-state index contributed by atoms with van der Waals surface area (Å²) in [6.45, 7) is 0.572. The maximum atomic E-state index is 12.0. The van der Waals surface area contributed by atoms with Crippen molar-refractivity contribution in [2.45, 2.75) is 38.6 Å². The van der Waals surface area contributed by atoms with Crippen LogP contribution in [0, 0.1) is 0 Å². The fourth-order valence-corrected chi connectivity index (χ4v) is 2.87. The molecule has 25 heavy (non-hydrogen) atoms. The number of H-pyrrole nitrogens is 1. The predicted molar refractivity (Wildman–Crippen MR) is 91.8 cm³/mol. The number of hydrogen-bond acceptors (Lipinski definition) is 5. The zero-order valence-electron chi connectivity index (χ0n) is 13.6. The van der Waals surface area contributed by atoms with Crippen LogP contribution in [0.5, 0.6) is 0 Å². The van der Waals surface area contributed by atoms with E-state index in [4.69, 9.17) is 5.11 Å². The van der Waals surface area contributed by atoms with Gasteiger partial charge in [-0.05, 0) is 25.0 Å². The van der Waals surface area contributed by atoms with Crippen molar-refractivity contribution >= 4 is 17.0 Å². The number of nitrogens with zero attached hydrogens (tertiary/aromatic N) is 3. The predicted octanol–water partition coefficient (Wildman–Crippen LogP) is 1.62. The number of benzene rings is 1. The first-order valence-corrected chi connectivity index (χ1v) is 8.17. The van der Waals surface area contributed by atoms with Crippen LogP contribution in [0.25, 0.3) is 22.6 Å². The molecule has 2 heterocycles. The fraction of sp³-hybridized carbons (Fsp3) is 0.353. The summed E-state index contributed by atoms with van der Waals surface area (Å²) in [5, 5.41) is 8.66. The van der Waals surface area contributed by atoms with Gasteiger partial charge in [-0.25, -0.2) is 9.78 Å². The van der Waals surface area contributed by atoms with E-state index in [1.165, 1.54) is 0 Å². The number of rotatable bonds is 7. The molecular formula is C17H18N4O4. The van der Waals surface area contributed by atoms with Crippen molar-refractivity contribution in [2.24, 2.45) is 0 Å². The normalized spacial score (nSPS) is 11.2. The molecule has 0 unspecified atom stereocenters. The second kappa shape index (κ2) is 7.25. The van der Waals surface area contributed by atoms with Gasteiger partial charge in [0.1, 0.15) is 0 Å². The van der Waals surface area contributed by atoms with Crippen molar-refractivity contribution in [3.63, 3.8) is 0 Å². The lowest BCUT2D eigenvalue weighted by molar-refractivity contribution is -0.137. The Hall–Kier alpha value is -3.03. The maximum Gasteiger partial charge on any atom is 0.349 e. The molecule has 8 nitrogen and oxygen atoms in total. The molecule has 0 amide bonds.